The maximum atomic E-state index is 13.5. The molecule has 2 aromatic carbocycles. The molecule has 11 heteroatoms. The number of anilines is 1. The van der Waals surface area contributed by atoms with E-state index in [1.54, 1.807) is 17.8 Å². The van der Waals surface area contributed by atoms with E-state index < -0.39 is 29.0 Å². The third-order valence-corrected chi connectivity index (χ3v) is 6.82. The van der Waals surface area contributed by atoms with Crippen LogP contribution >= 0.6 is 0 Å². The molecule has 7 nitrogen and oxygen atoms in total. The van der Waals surface area contributed by atoms with E-state index in [-0.39, 0.29) is 12.2 Å². The average molecular weight is 514 g/mol. The number of hydrogen-bond acceptors (Lipinski definition) is 5. The number of fused-ring (bicyclic) bond motifs is 1. The lowest BCUT2D eigenvalue weighted by molar-refractivity contribution is -0.138. The Bertz CT molecular complexity index is 1510. The second kappa shape index (κ2) is 9.45. The van der Waals surface area contributed by atoms with Crippen LogP contribution in [0.5, 0.6) is 0 Å². The summed E-state index contributed by atoms with van der Waals surface area (Å²) in [7, 11) is 3.22. The summed E-state index contributed by atoms with van der Waals surface area (Å²) in [6.07, 6.45) is -3.71. The van der Waals surface area contributed by atoms with E-state index in [1.807, 2.05) is 29.2 Å². The monoisotopic (exact) mass is 513 g/mol. The molecule has 37 heavy (non-hydrogen) atoms. The first-order valence-electron chi connectivity index (χ1n) is 12.2. The predicted molar refractivity (Wildman–Crippen MR) is 130 cm³/mol. The van der Waals surface area contributed by atoms with Crippen molar-refractivity contribution in [3.8, 4) is 11.4 Å². The maximum Gasteiger partial charge on any atom is 0.417 e. The molecule has 0 unspecified atom stereocenters. The van der Waals surface area contributed by atoms with Gasteiger partial charge < -0.3 is 9.80 Å². The molecular formula is C26H24F4N6O. The van der Waals surface area contributed by atoms with Crippen LogP contribution in [0.1, 0.15) is 30.1 Å². The van der Waals surface area contributed by atoms with Crippen molar-refractivity contribution in [2.45, 2.75) is 25.1 Å². The topological polar surface area (TPSA) is 67.2 Å². The van der Waals surface area contributed by atoms with E-state index in [9.17, 15) is 22.4 Å². The Morgan fingerprint density at radius 1 is 1.08 bits per heavy atom. The highest BCUT2D eigenvalue weighted by Crippen LogP contribution is 2.35. The number of piperidine rings is 1. The minimum absolute atomic E-state index is 0.126. The highest BCUT2D eigenvalue weighted by Gasteiger charge is 2.37. The molecule has 0 bridgehead atoms. The second-order valence-electron chi connectivity index (χ2n) is 9.02. The molecule has 4 aromatic rings. The lowest BCUT2D eigenvalue weighted by atomic mass is 10.00. The molecule has 0 N–H and O–H groups in total. The minimum Gasteiger partial charge on any atom is -0.354 e. The number of hydrogen-bond donors (Lipinski definition) is 0. The molecule has 0 radical (unpaired) electrons. The second-order valence-corrected chi connectivity index (χ2v) is 9.02. The zero-order valence-electron chi connectivity index (χ0n) is 21.1. The number of rotatable bonds is 4. The first kappa shape index (κ1) is 23.4. The van der Waals surface area contributed by atoms with Gasteiger partial charge in [-0.3, -0.25) is 9.48 Å². The summed E-state index contributed by atoms with van der Waals surface area (Å²) in [6, 6.07) is 11.1. The molecular weight excluding hydrogens is 488 g/mol. The molecule has 3 heterocycles. The van der Waals surface area contributed by atoms with E-state index in [0.717, 1.165) is 22.9 Å². The normalized spacial score (nSPS) is 15.2. The predicted octanol–water partition coefficient (Wildman–Crippen LogP) is 4.93. The molecule has 0 atom stereocenters. The van der Waals surface area contributed by atoms with Crippen molar-refractivity contribution in [3.05, 3.63) is 71.6 Å². The van der Waals surface area contributed by atoms with Gasteiger partial charge in [0, 0.05) is 50.2 Å². The van der Waals surface area contributed by atoms with Crippen LogP contribution in [0.2, 0.25) is 0 Å². The summed E-state index contributed by atoms with van der Waals surface area (Å²) in [5, 5.41) is 14.7. The average Bonchev–Trinajstić information content (AvgIpc) is 3.24. The number of nitrogens with zero attached hydrogens (tertiary/aromatic N) is 6. The Morgan fingerprint density at radius 2 is 1.78 bits per heavy atom. The summed E-state index contributed by atoms with van der Waals surface area (Å²) >= 11 is 0. The largest absolute Gasteiger partial charge is 0.417 e. The molecule has 0 aliphatic carbocycles. The van der Waals surface area contributed by atoms with Crippen LogP contribution in [0, 0.1) is 5.82 Å². The number of carbonyl (C=O) groups excluding carboxylic acids is 1. The minimum atomic E-state index is -4.85. The van der Waals surface area contributed by atoms with Gasteiger partial charge in [-0.15, -0.1) is 10.2 Å². The number of amides is 1. The van der Waals surface area contributed by atoms with Crippen molar-refractivity contribution < 1.29 is 23.7 Å². The lowest BCUT2D eigenvalue weighted by Crippen LogP contribution is -2.46. The Morgan fingerprint density at radius 3 is 2.43 bits per heavy atom. The Labute approximate surface area is 211 Å². The van der Waals surface area contributed by atoms with Crippen molar-refractivity contribution in [3.63, 3.8) is 0 Å². The third-order valence-electron chi connectivity index (χ3n) is 6.82. The van der Waals surface area contributed by atoms with Crippen LogP contribution in [0.25, 0.3) is 22.2 Å². The van der Waals surface area contributed by atoms with E-state index in [1.165, 1.54) is 11.9 Å². The highest BCUT2D eigenvalue weighted by atomic mass is 19.4. The quantitative estimate of drug-likeness (QED) is 0.362. The van der Waals surface area contributed by atoms with Crippen LogP contribution in [0.15, 0.2) is 54.7 Å². The van der Waals surface area contributed by atoms with Crippen molar-refractivity contribution in [2.75, 3.05) is 25.0 Å². The smallest absolute Gasteiger partial charge is 0.354 e. The Kier molecular flexibility index (Phi) is 5.97. The molecule has 1 saturated heterocycles. The first-order chi connectivity index (χ1) is 18.0. The van der Waals surface area contributed by atoms with Gasteiger partial charge in [0.15, 0.2) is 5.82 Å². The molecule has 1 fully saturated rings. The molecule has 1 aliphatic heterocycles. The molecule has 1 amide bonds. The van der Waals surface area contributed by atoms with Gasteiger partial charge in [0.2, 0.25) is 0 Å². The summed E-state index contributed by atoms with van der Waals surface area (Å²) in [5.41, 5.74) is -0.567. The fourth-order valence-electron chi connectivity index (χ4n) is 4.82. The molecule has 0 spiro atoms. The Balaban J connectivity index is 1.36. The molecule has 1 aliphatic rings. The Hall–Kier alpha value is -4.02. The fourth-order valence-corrected chi connectivity index (χ4v) is 4.82. The van der Waals surface area contributed by atoms with Gasteiger partial charge in [-0.1, -0.05) is 24.3 Å². The van der Waals surface area contributed by atoms with Crippen LogP contribution < -0.4 is 4.90 Å². The molecule has 5 rings (SSSR count). The van der Waals surface area contributed by atoms with Gasteiger partial charge in [0.1, 0.15) is 11.5 Å². The number of benzene rings is 2. The van der Waals surface area contributed by atoms with Crippen LogP contribution in [0.3, 0.4) is 0 Å². The van der Waals surface area contributed by atoms with E-state index in [4.69, 9.17) is 1.37 Å². The summed E-state index contributed by atoms with van der Waals surface area (Å²) < 4.78 is 63.3. The number of halogens is 4. The summed E-state index contributed by atoms with van der Waals surface area (Å²) in [6.45, 7) is 1.02. The summed E-state index contributed by atoms with van der Waals surface area (Å²) in [4.78, 5) is 16.4. The zero-order valence-corrected chi connectivity index (χ0v) is 20.1. The standard InChI is InChI=1S/C26H24F4N6O/c1-34(25(37)20-8-7-16(27)15-21(20)26(28,29)30)17-10-13-36(14-11-17)24-19-6-4-3-5-18(19)23(32-33-24)22-9-12-31-35(22)2/h3-9,12,15,17H,10-11,13-14H2,1-2H3/i12D. The van der Waals surface area contributed by atoms with E-state index in [0.29, 0.717) is 49.2 Å². The third kappa shape index (κ3) is 4.61. The maximum absolute atomic E-state index is 13.5. The molecule has 2 aromatic heterocycles. The molecule has 0 saturated carbocycles. The van der Waals surface area contributed by atoms with Crippen molar-refractivity contribution in [1.29, 1.82) is 0 Å². The van der Waals surface area contributed by atoms with Gasteiger partial charge in [0.05, 0.1) is 18.2 Å². The van der Waals surface area contributed by atoms with E-state index >= 15 is 0 Å². The lowest BCUT2D eigenvalue weighted by Gasteiger charge is -2.37. The highest BCUT2D eigenvalue weighted by molar-refractivity contribution is 6.00. The zero-order chi connectivity index (χ0) is 27.2. The fraction of sp³-hybridized carbons (Fsp3) is 0.308. The van der Waals surface area contributed by atoms with Crippen molar-refractivity contribution in [2.24, 2.45) is 7.05 Å². The van der Waals surface area contributed by atoms with Gasteiger partial charge in [-0.05, 0) is 37.1 Å². The van der Waals surface area contributed by atoms with Crippen LogP contribution in [-0.4, -0.2) is 57.0 Å². The van der Waals surface area contributed by atoms with Crippen molar-refractivity contribution >= 4 is 22.5 Å². The number of aromatic nitrogens is 4. The number of carbonyl (C=O) groups is 1. The van der Waals surface area contributed by atoms with Crippen molar-refractivity contribution in [1.82, 2.24) is 24.9 Å². The van der Waals surface area contributed by atoms with Gasteiger partial charge >= 0.3 is 6.18 Å². The first-order valence-corrected chi connectivity index (χ1v) is 11.7. The van der Waals surface area contributed by atoms with Gasteiger partial charge in [-0.25, -0.2) is 4.39 Å². The molecule has 192 valence electrons. The van der Waals surface area contributed by atoms with Crippen LogP contribution in [-0.2, 0) is 13.2 Å². The SMILES string of the molecule is [2H]c1cc(-c2nnc(N3CCC(N(C)C(=O)c4ccc(F)cc4C(F)(F)F)CC3)c3ccccc23)n(C)n1. The number of aryl methyl sites for hydroxylation is 1. The van der Waals surface area contributed by atoms with Gasteiger partial charge in [-0.2, -0.15) is 18.3 Å². The van der Waals surface area contributed by atoms with Crippen LogP contribution in [0.4, 0.5) is 23.4 Å². The summed E-state index contributed by atoms with van der Waals surface area (Å²) in [5.74, 6) is -1.18. The van der Waals surface area contributed by atoms with E-state index in [2.05, 4.69) is 15.3 Å². The number of alkyl halides is 3. The van der Waals surface area contributed by atoms with Gasteiger partial charge in [0.25, 0.3) is 5.91 Å².